The van der Waals surface area contributed by atoms with Gasteiger partial charge in [0, 0.05) is 31.1 Å². The summed E-state index contributed by atoms with van der Waals surface area (Å²) in [5.74, 6) is 0.673. The van der Waals surface area contributed by atoms with E-state index in [1.165, 1.54) is 6.42 Å². The van der Waals surface area contributed by atoms with Gasteiger partial charge in [0.25, 0.3) is 5.91 Å². The van der Waals surface area contributed by atoms with Gasteiger partial charge in [-0.15, -0.1) is 0 Å². The normalized spacial score (nSPS) is 17.7. The number of furan rings is 1. The lowest BCUT2D eigenvalue weighted by molar-refractivity contribution is 0.0774. The Morgan fingerprint density at radius 3 is 2.65 bits per heavy atom. The van der Waals surface area contributed by atoms with E-state index in [0.717, 1.165) is 47.3 Å². The van der Waals surface area contributed by atoms with Crippen LogP contribution in [0.5, 0.6) is 0 Å². The quantitative estimate of drug-likeness (QED) is 0.711. The highest BCUT2D eigenvalue weighted by Gasteiger charge is 2.23. The van der Waals surface area contributed by atoms with Crippen LogP contribution in [0.4, 0.5) is 0 Å². The molecule has 1 aliphatic rings. The second-order valence-corrected chi connectivity index (χ2v) is 7.35. The highest BCUT2D eigenvalue weighted by atomic mass is 16.3. The predicted molar refractivity (Wildman–Crippen MR) is 104 cm³/mol. The second-order valence-electron chi connectivity index (χ2n) is 7.35. The SMILES string of the molecule is CN1CC[C@H](CN(C)C(=O)c2ccc(-c3ccc4occc4c3)cc2)C1. The van der Waals surface area contributed by atoms with E-state index in [-0.39, 0.29) is 5.91 Å². The van der Waals surface area contributed by atoms with E-state index in [9.17, 15) is 4.79 Å². The van der Waals surface area contributed by atoms with E-state index in [1.807, 2.05) is 54.4 Å². The van der Waals surface area contributed by atoms with Gasteiger partial charge in [0.15, 0.2) is 0 Å². The number of fused-ring (bicyclic) bond motifs is 1. The van der Waals surface area contributed by atoms with Gasteiger partial charge in [-0.3, -0.25) is 4.79 Å². The molecule has 134 valence electrons. The zero-order chi connectivity index (χ0) is 18.1. The van der Waals surface area contributed by atoms with Gasteiger partial charge in [-0.2, -0.15) is 0 Å². The molecule has 0 radical (unpaired) electrons. The zero-order valence-corrected chi connectivity index (χ0v) is 15.3. The third-order valence-electron chi connectivity index (χ3n) is 5.29. The Morgan fingerprint density at radius 1 is 1.15 bits per heavy atom. The van der Waals surface area contributed by atoms with Crippen LogP contribution in [0.3, 0.4) is 0 Å². The number of hydrogen-bond donors (Lipinski definition) is 0. The van der Waals surface area contributed by atoms with Crippen LogP contribution < -0.4 is 0 Å². The number of nitrogens with zero attached hydrogens (tertiary/aromatic N) is 2. The maximum atomic E-state index is 12.7. The molecule has 2 aromatic carbocycles. The molecule has 1 fully saturated rings. The fourth-order valence-electron chi connectivity index (χ4n) is 3.82. The maximum absolute atomic E-state index is 12.7. The zero-order valence-electron chi connectivity index (χ0n) is 15.3. The van der Waals surface area contributed by atoms with Crippen LogP contribution in [0.15, 0.2) is 59.2 Å². The Bertz CT molecular complexity index is 913. The minimum absolute atomic E-state index is 0.0939. The molecule has 0 bridgehead atoms. The summed E-state index contributed by atoms with van der Waals surface area (Å²) in [4.78, 5) is 16.9. The van der Waals surface area contributed by atoms with Gasteiger partial charge < -0.3 is 14.2 Å². The van der Waals surface area contributed by atoms with Gasteiger partial charge in [0.1, 0.15) is 5.58 Å². The summed E-state index contributed by atoms with van der Waals surface area (Å²) in [5.41, 5.74) is 3.86. The molecular weight excluding hydrogens is 324 g/mol. The monoisotopic (exact) mass is 348 g/mol. The first-order chi connectivity index (χ1) is 12.6. The van der Waals surface area contributed by atoms with Crippen LogP contribution in [0.25, 0.3) is 22.1 Å². The third-order valence-corrected chi connectivity index (χ3v) is 5.29. The van der Waals surface area contributed by atoms with Crippen molar-refractivity contribution in [3.8, 4) is 11.1 Å². The standard InChI is InChI=1S/C22H24N2O2/c1-23-11-9-16(14-23)15-24(2)22(25)18-5-3-17(4-6-18)19-7-8-21-20(13-19)10-12-26-21/h3-8,10,12-13,16H,9,11,14-15H2,1-2H3/t16-/m0/s1. The van der Waals surface area contributed by atoms with E-state index < -0.39 is 0 Å². The van der Waals surface area contributed by atoms with Crippen molar-refractivity contribution in [1.82, 2.24) is 9.80 Å². The average molecular weight is 348 g/mol. The van der Waals surface area contributed by atoms with Crippen molar-refractivity contribution in [1.29, 1.82) is 0 Å². The third kappa shape index (κ3) is 3.37. The molecule has 2 heterocycles. The Labute approximate surface area is 154 Å². The first-order valence-electron chi connectivity index (χ1n) is 9.12. The number of benzene rings is 2. The molecule has 3 aromatic rings. The molecule has 0 unspecified atom stereocenters. The van der Waals surface area contributed by atoms with Crippen molar-refractivity contribution < 1.29 is 9.21 Å². The van der Waals surface area contributed by atoms with Crippen molar-refractivity contribution in [3.63, 3.8) is 0 Å². The molecule has 0 saturated carbocycles. The Kier molecular flexibility index (Phi) is 4.51. The topological polar surface area (TPSA) is 36.7 Å². The number of likely N-dealkylation sites (tertiary alicyclic amines) is 1. The summed E-state index contributed by atoms with van der Waals surface area (Å²) in [6.45, 7) is 3.03. The molecule has 1 amide bonds. The number of amides is 1. The molecule has 26 heavy (non-hydrogen) atoms. The molecule has 1 atom stereocenters. The lowest BCUT2D eigenvalue weighted by atomic mass is 10.0. The molecule has 1 aliphatic heterocycles. The molecule has 4 nitrogen and oxygen atoms in total. The molecule has 4 rings (SSSR count). The maximum Gasteiger partial charge on any atom is 0.253 e. The summed E-state index contributed by atoms with van der Waals surface area (Å²) in [6.07, 6.45) is 2.87. The summed E-state index contributed by atoms with van der Waals surface area (Å²) in [5, 5.41) is 1.09. The summed E-state index contributed by atoms with van der Waals surface area (Å²) in [7, 11) is 4.04. The van der Waals surface area contributed by atoms with Crippen molar-refractivity contribution in [2.24, 2.45) is 5.92 Å². The second kappa shape index (κ2) is 6.96. The highest BCUT2D eigenvalue weighted by Crippen LogP contribution is 2.25. The van der Waals surface area contributed by atoms with E-state index in [1.54, 1.807) is 6.26 Å². The fraction of sp³-hybridized carbons (Fsp3) is 0.318. The van der Waals surface area contributed by atoms with Crippen LogP contribution in [0.1, 0.15) is 16.8 Å². The Balaban J connectivity index is 1.47. The number of rotatable bonds is 4. The van der Waals surface area contributed by atoms with Crippen molar-refractivity contribution in [3.05, 3.63) is 60.4 Å². The molecular formula is C22H24N2O2. The lowest BCUT2D eigenvalue weighted by Gasteiger charge is -2.21. The van der Waals surface area contributed by atoms with Crippen molar-refractivity contribution in [2.45, 2.75) is 6.42 Å². The molecule has 0 spiro atoms. The van der Waals surface area contributed by atoms with Crippen LogP contribution in [0, 0.1) is 5.92 Å². The first-order valence-corrected chi connectivity index (χ1v) is 9.12. The number of carbonyl (C=O) groups is 1. The predicted octanol–water partition coefficient (Wildman–Crippen LogP) is 4.12. The van der Waals surface area contributed by atoms with Crippen molar-refractivity contribution in [2.75, 3.05) is 33.7 Å². The number of hydrogen-bond acceptors (Lipinski definition) is 3. The van der Waals surface area contributed by atoms with Crippen molar-refractivity contribution >= 4 is 16.9 Å². The van der Waals surface area contributed by atoms with E-state index >= 15 is 0 Å². The van der Waals surface area contributed by atoms with Crippen LogP contribution in [0.2, 0.25) is 0 Å². The minimum atomic E-state index is 0.0939. The van der Waals surface area contributed by atoms with E-state index in [2.05, 4.69) is 18.0 Å². The van der Waals surface area contributed by atoms with Crippen LogP contribution >= 0.6 is 0 Å². The Morgan fingerprint density at radius 2 is 1.92 bits per heavy atom. The summed E-state index contributed by atoms with van der Waals surface area (Å²) in [6, 6.07) is 16.0. The fourth-order valence-corrected chi connectivity index (χ4v) is 3.82. The highest BCUT2D eigenvalue weighted by molar-refractivity contribution is 5.94. The molecule has 1 aromatic heterocycles. The largest absolute Gasteiger partial charge is 0.464 e. The summed E-state index contributed by atoms with van der Waals surface area (Å²) < 4.78 is 5.39. The van der Waals surface area contributed by atoms with Gasteiger partial charge in [-0.1, -0.05) is 18.2 Å². The average Bonchev–Trinajstić information content (AvgIpc) is 3.29. The van der Waals surface area contributed by atoms with E-state index in [4.69, 9.17) is 4.42 Å². The minimum Gasteiger partial charge on any atom is -0.464 e. The number of carbonyl (C=O) groups excluding carboxylic acids is 1. The molecule has 1 saturated heterocycles. The lowest BCUT2D eigenvalue weighted by Crippen LogP contribution is -2.32. The van der Waals surface area contributed by atoms with Gasteiger partial charge >= 0.3 is 0 Å². The van der Waals surface area contributed by atoms with Gasteiger partial charge in [-0.25, -0.2) is 0 Å². The molecule has 0 N–H and O–H groups in total. The van der Waals surface area contributed by atoms with Gasteiger partial charge in [-0.05, 0) is 67.4 Å². The smallest absolute Gasteiger partial charge is 0.253 e. The molecule has 4 heteroatoms. The molecule has 0 aliphatic carbocycles. The summed E-state index contributed by atoms with van der Waals surface area (Å²) >= 11 is 0. The Hall–Kier alpha value is -2.59. The first kappa shape index (κ1) is 16.9. The van der Waals surface area contributed by atoms with E-state index in [0.29, 0.717) is 5.92 Å². The van der Waals surface area contributed by atoms with Crippen LogP contribution in [-0.4, -0.2) is 49.4 Å². The van der Waals surface area contributed by atoms with Gasteiger partial charge in [0.05, 0.1) is 6.26 Å². The van der Waals surface area contributed by atoms with Gasteiger partial charge in [0.2, 0.25) is 0 Å². The van der Waals surface area contributed by atoms with Crippen LogP contribution in [-0.2, 0) is 0 Å².